The van der Waals surface area contributed by atoms with E-state index in [0.29, 0.717) is 0 Å². The van der Waals surface area contributed by atoms with Crippen LogP contribution in [0, 0.1) is 0 Å². The van der Waals surface area contributed by atoms with Gasteiger partial charge in [0.05, 0.1) is 18.8 Å². The van der Waals surface area contributed by atoms with Crippen LogP contribution in [0.25, 0.3) is 0 Å². The predicted octanol–water partition coefficient (Wildman–Crippen LogP) is 3.30. The third-order valence-corrected chi connectivity index (χ3v) is 3.25. The Bertz CT molecular complexity index is 221. The van der Waals surface area contributed by atoms with Gasteiger partial charge in [-0.25, -0.2) is 0 Å². The van der Waals surface area contributed by atoms with E-state index in [4.69, 9.17) is 13.3 Å². The van der Waals surface area contributed by atoms with Gasteiger partial charge in [0.25, 0.3) is 0 Å². The van der Waals surface area contributed by atoms with Gasteiger partial charge in [-0.05, 0) is 20.8 Å². The third kappa shape index (κ3) is 5.12. The van der Waals surface area contributed by atoms with Crippen LogP contribution in [0.15, 0.2) is 49.3 Å². The lowest BCUT2D eigenvalue weighted by atomic mass is 10.7. The molecule has 0 bridgehead atoms. The molecule has 0 aromatic heterocycles. The first-order valence-electron chi connectivity index (χ1n) is 4.75. The second-order valence-electron chi connectivity index (χ2n) is 2.57. The Morgan fingerprint density at radius 3 is 1.33 bits per heavy atom. The molecule has 0 saturated heterocycles. The van der Waals surface area contributed by atoms with Crippen molar-refractivity contribution in [1.29, 1.82) is 0 Å². The Morgan fingerprint density at radius 2 is 1.13 bits per heavy atom. The summed E-state index contributed by atoms with van der Waals surface area (Å²) in [5, 5.41) is 0. The molecule has 0 saturated carbocycles. The molecule has 0 heterocycles. The molecule has 0 radical (unpaired) electrons. The Hall–Kier alpha value is -1.42. The molecule has 0 aromatic rings. The molecule has 15 heavy (non-hydrogen) atoms. The summed E-state index contributed by atoms with van der Waals surface area (Å²) in [6.07, 6.45) is 9.93. The van der Waals surface area contributed by atoms with Crippen molar-refractivity contribution in [3.8, 4) is 0 Å². The van der Waals surface area contributed by atoms with Gasteiger partial charge in [-0.2, -0.15) is 0 Å². The molecular formula is C11H18O3Si. The molecule has 3 nitrogen and oxygen atoms in total. The fraction of sp³-hybridized carbons (Fsp3) is 0.273. The van der Waals surface area contributed by atoms with Gasteiger partial charge < -0.3 is 13.3 Å². The topological polar surface area (TPSA) is 27.7 Å². The van der Waals surface area contributed by atoms with E-state index in [0.717, 1.165) is 0 Å². The number of hydrogen-bond donors (Lipinski definition) is 0. The van der Waals surface area contributed by atoms with E-state index < -0.39 is 8.80 Å². The first-order chi connectivity index (χ1) is 7.24. The summed E-state index contributed by atoms with van der Waals surface area (Å²) in [7, 11) is -2.83. The minimum absolute atomic E-state index is 1.54. The molecule has 0 rings (SSSR count). The minimum atomic E-state index is -2.83. The standard InChI is InChI=1S/C11H18O3Si/c1-5-9-12-15(8-4,13-10-6-2)14-11-7-3/h5-11H,4H2,1-3H3. The number of allylic oxidation sites excluding steroid dienone is 3. The molecule has 0 aliphatic carbocycles. The van der Waals surface area contributed by atoms with Crippen LogP contribution in [0.2, 0.25) is 0 Å². The van der Waals surface area contributed by atoms with Crippen LogP contribution in [0.3, 0.4) is 0 Å². The summed E-state index contributed by atoms with van der Waals surface area (Å²) < 4.78 is 16.3. The third-order valence-electron chi connectivity index (χ3n) is 1.36. The highest BCUT2D eigenvalue weighted by Gasteiger charge is 2.42. The van der Waals surface area contributed by atoms with Crippen LogP contribution in [0.5, 0.6) is 0 Å². The molecule has 0 aromatic carbocycles. The zero-order valence-corrected chi connectivity index (χ0v) is 10.5. The van der Waals surface area contributed by atoms with Crippen molar-refractivity contribution in [2.45, 2.75) is 20.8 Å². The maximum Gasteiger partial charge on any atom is 0.727 e. The summed E-state index contributed by atoms with van der Waals surface area (Å²) >= 11 is 0. The average molecular weight is 226 g/mol. The Balaban J connectivity index is 4.64. The van der Waals surface area contributed by atoms with Crippen LogP contribution < -0.4 is 0 Å². The van der Waals surface area contributed by atoms with Gasteiger partial charge >= 0.3 is 8.80 Å². The molecule has 84 valence electrons. The molecule has 0 amide bonds. The van der Waals surface area contributed by atoms with E-state index in [2.05, 4.69) is 6.58 Å². The number of hydrogen-bond acceptors (Lipinski definition) is 3. The fourth-order valence-corrected chi connectivity index (χ4v) is 2.15. The highest BCUT2D eigenvalue weighted by atomic mass is 28.4. The molecule has 0 fully saturated rings. The number of rotatable bonds is 7. The van der Waals surface area contributed by atoms with Crippen LogP contribution in [0.1, 0.15) is 20.8 Å². The van der Waals surface area contributed by atoms with Gasteiger partial charge in [0, 0.05) is 5.70 Å². The van der Waals surface area contributed by atoms with Gasteiger partial charge in [-0.3, -0.25) is 0 Å². The Kier molecular flexibility index (Phi) is 7.18. The Labute approximate surface area is 92.7 Å². The van der Waals surface area contributed by atoms with Crippen molar-refractivity contribution in [2.75, 3.05) is 0 Å². The van der Waals surface area contributed by atoms with E-state index in [1.54, 1.807) is 42.7 Å². The molecule has 4 heteroatoms. The van der Waals surface area contributed by atoms with Gasteiger partial charge in [-0.1, -0.05) is 24.8 Å². The molecular weight excluding hydrogens is 208 g/mol. The van der Waals surface area contributed by atoms with E-state index in [1.165, 1.54) is 0 Å². The van der Waals surface area contributed by atoms with E-state index in [-0.39, 0.29) is 0 Å². The zero-order chi connectivity index (χ0) is 11.6. The fourth-order valence-electron chi connectivity index (χ4n) is 0.716. The highest BCUT2D eigenvalue weighted by molar-refractivity contribution is 6.66. The maximum atomic E-state index is 5.43. The minimum Gasteiger partial charge on any atom is -0.487 e. The van der Waals surface area contributed by atoms with Gasteiger partial charge in [0.2, 0.25) is 0 Å². The molecule has 0 aliphatic rings. The molecule has 0 spiro atoms. The highest BCUT2D eigenvalue weighted by Crippen LogP contribution is 2.12. The summed E-state index contributed by atoms with van der Waals surface area (Å²) in [6.45, 7) is 9.24. The van der Waals surface area contributed by atoms with Gasteiger partial charge in [0.15, 0.2) is 0 Å². The largest absolute Gasteiger partial charge is 0.727 e. The van der Waals surface area contributed by atoms with Crippen molar-refractivity contribution in [1.82, 2.24) is 0 Å². The second-order valence-corrected chi connectivity index (χ2v) is 4.89. The maximum absolute atomic E-state index is 5.43. The van der Waals surface area contributed by atoms with Crippen LogP contribution in [-0.2, 0) is 13.3 Å². The molecule has 0 aliphatic heterocycles. The average Bonchev–Trinajstić information content (AvgIpc) is 2.29. The Morgan fingerprint density at radius 1 is 0.800 bits per heavy atom. The van der Waals surface area contributed by atoms with Gasteiger partial charge in [0.1, 0.15) is 0 Å². The normalized spacial score (nSPS) is 15.7. The van der Waals surface area contributed by atoms with Crippen LogP contribution in [0.4, 0.5) is 0 Å². The molecule has 0 N–H and O–H groups in total. The van der Waals surface area contributed by atoms with Crippen molar-refractivity contribution in [3.05, 3.63) is 49.3 Å². The lowest BCUT2D eigenvalue weighted by Gasteiger charge is -2.22. The van der Waals surface area contributed by atoms with Crippen molar-refractivity contribution in [3.63, 3.8) is 0 Å². The quantitative estimate of drug-likeness (QED) is 0.492. The van der Waals surface area contributed by atoms with E-state index >= 15 is 0 Å². The van der Waals surface area contributed by atoms with Crippen LogP contribution in [-0.4, -0.2) is 8.80 Å². The lowest BCUT2D eigenvalue weighted by molar-refractivity contribution is 0.196. The summed E-state index contributed by atoms with van der Waals surface area (Å²) in [5.74, 6) is 0. The van der Waals surface area contributed by atoms with Crippen molar-refractivity contribution < 1.29 is 13.3 Å². The SMILES string of the molecule is C=C[Si](OC=CC)(OC=CC)OC=CC. The predicted molar refractivity (Wildman–Crippen MR) is 63.6 cm³/mol. The van der Waals surface area contributed by atoms with E-state index in [9.17, 15) is 0 Å². The van der Waals surface area contributed by atoms with Gasteiger partial charge in [-0.15, -0.1) is 0 Å². The summed E-state index contributed by atoms with van der Waals surface area (Å²) in [6, 6.07) is 0. The zero-order valence-electron chi connectivity index (χ0n) is 9.47. The van der Waals surface area contributed by atoms with Crippen molar-refractivity contribution >= 4 is 8.80 Å². The smallest absolute Gasteiger partial charge is 0.487 e. The lowest BCUT2D eigenvalue weighted by Crippen LogP contribution is -2.39. The summed E-state index contributed by atoms with van der Waals surface area (Å²) in [5.41, 5.74) is 1.58. The second kappa shape index (κ2) is 7.93. The molecule has 0 atom stereocenters. The monoisotopic (exact) mass is 226 g/mol. The van der Waals surface area contributed by atoms with E-state index in [1.807, 2.05) is 20.8 Å². The first kappa shape index (κ1) is 13.6. The molecule has 0 unspecified atom stereocenters. The van der Waals surface area contributed by atoms with Crippen molar-refractivity contribution in [2.24, 2.45) is 0 Å². The first-order valence-corrected chi connectivity index (χ1v) is 6.55. The summed E-state index contributed by atoms with van der Waals surface area (Å²) in [4.78, 5) is 0. The van der Waals surface area contributed by atoms with Crippen LogP contribution >= 0.6 is 0 Å².